The Bertz CT molecular complexity index is 395. The van der Waals surface area contributed by atoms with E-state index < -0.39 is 0 Å². The molecule has 1 aromatic carbocycles. The van der Waals surface area contributed by atoms with E-state index in [1.54, 1.807) is 0 Å². The highest BCUT2D eigenvalue weighted by Gasteiger charge is 2.18. The first kappa shape index (κ1) is 14.4. The molecular weight excluding hydrogens is 234 g/mol. The first-order valence-electron chi connectivity index (χ1n) is 7.46. The summed E-state index contributed by atoms with van der Waals surface area (Å²) in [5.41, 5.74) is 4.25. The summed E-state index contributed by atoms with van der Waals surface area (Å²) in [6.45, 7) is 14.6. The van der Waals surface area contributed by atoms with Crippen LogP contribution < -0.4 is 10.2 Å². The van der Waals surface area contributed by atoms with Crippen molar-refractivity contribution in [2.45, 2.75) is 20.8 Å². The smallest absolute Gasteiger partial charge is 0.0399 e. The Hall–Kier alpha value is -1.06. The molecule has 0 saturated carbocycles. The van der Waals surface area contributed by atoms with Crippen LogP contribution >= 0.6 is 0 Å². The number of hydrogen-bond acceptors (Lipinski definition) is 3. The Morgan fingerprint density at radius 2 is 1.84 bits per heavy atom. The fourth-order valence-corrected chi connectivity index (χ4v) is 2.70. The van der Waals surface area contributed by atoms with Gasteiger partial charge in [-0.25, -0.2) is 0 Å². The van der Waals surface area contributed by atoms with E-state index >= 15 is 0 Å². The zero-order valence-electron chi connectivity index (χ0n) is 12.6. The molecule has 2 rings (SSSR count). The number of anilines is 1. The van der Waals surface area contributed by atoms with Crippen molar-refractivity contribution in [2.75, 3.05) is 50.7 Å². The second kappa shape index (κ2) is 6.92. The molecule has 0 spiro atoms. The maximum Gasteiger partial charge on any atom is 0.0399 e. The third-order valence-electron chi connectivity index (χ3n) is 4.14. The van der Waals surface area contributed by atoms with Gasteiger partial charge in [0.2, 0.25) is 0 Å². The van der Waals surface area contributed by atoms with Crippen LogP contribution in [0.3, 0.4) is 0 Å². The summed E-state index contributed by atoms with van der Waals surface area (Å²) < 4.78 is 0. The lowest BCUT2D eigenvalue weighted by Crippen LogP contribution is -2.48. The van der Waals surface area contributed by atoms with Crippen LogP contribution in [-0.2, 0) is 0 Å². The minimum absolute atomic E-state index is 1.07. The average Bonchev–Trinajstić information content (AvgIpc) is 2.43. The van der Waals surface area contributed by atoms with Gasteiger partial charge < -0.3 is 10.2 Å². The maximum absolute atomic E-state index is 3.40. The third-order valence-corrected chi connectivity index (χ3v) is 4.14. The Labute approximate surface area is 117 Å². The van der Waals surface area contributed by atoms with Crippen molar-refractivity contribution in [3.05, 3.63) is 29.3 Å². The predicted molar refractivity (Wildman–Crippen MR) is 83.1 cm³/mol. The van der Waals surface area contributed by atoms with Crippen molar-refractivity contribution in [1.82, 2.24) is 10.2 Å². The molecule has 3 heteroatoms. The Morgan fingerprint density at radius 3 is 2.53 bits per heavy atom. The number of nitrogens with zero attached hydrogens (tertiary/aromatic N) is 2. The van der Waals surface area contributed by atoms with E-state index in [1.807, 2.05) is 0 Å². The second-order valence-corrected chi connectivity index (χ2v) is 5.40. The van der Waals surface area contributed by atoms with Crippen LogP contribution in [-0.4, -0.2) is 50.7 Å². The van der Waals surface area contributed by atoms with Crippen molar-refractivity contribution < 1.29 is 0 Å². The van der Waals surface area contributed by atoms with Gasteiger partial charge in [-0.2, -0.15) is 0 Å². The minimum Gasteiger partial charge on any atom is -0.369 e. The topological polar surface area (TPSA) is 18.5 Å². The van der Waals surface area contributed by atoms with E-state index in [-0.39, 0.29) is 0 Å². The van der Waals surface area contributed by atoms with Gasteiger partial charge in [0, 0.05) is 45.0 Å². The molecule has 0 radical (unpaired) electrons. The second-order valence-electron chi connectivity index (χ2n) is 5.40. The van der Waals surface area contributed by atoms with E-state index in [4.69, 9.17) is 0 Å². The van der Waals surface area contributed by atoms with Crippen LogP contribution in [0.2, 0.25) is 0 Å². The van der Waals surface area contributed by atoms with Crippen LogP contribution in [0.5, 0.6) is 0 Å². The van der Waals surface area contributed by atoms with Gasteiger partial charge in [0.25, 0.3) is 0 Å². The zero-order valence-corrected chi connectivity index (χ0v) is 12.6. The molecule has 106 valence electrons. The first-order valence-corrected chi connectivity index (χ1v) is 7.46. The lowest BCUT2D eigenvalue weighted by Gasteiger charge is -2.37. The van der Waals surface area contributed by atoms with Crippen molar-refractivity contribution in [2.24, 2.45) is 0 Å². The fraction of sp³-hybridized carbons (Fsp3) is 0.625. The summed E-state index contributed by atoms with van der Waals surface area (Å²) in [5, 5.41) is 3.40. The highest BCUT2D eigenvalue weighted by Crippen LogP contribution is 2.23. The average molecular weight is 261 g/mol. The van der Waals surface area contributed by atoms with Crippen LogP contribution in [0.4, 0.5) is 5.69 Å². The molecule has 0 unspecified atom stereocenters. The van der Waals surface area contributed by atoms with E-state index in [0.29, 0.717) is 0 Å². The number of aryl methyl sites for hydroxylation is 1. The van der Waals surface area contributed by atoms with Gasteiger partial charge in [0.05, 0.1) is 0 Å². The minimum atomic E-state index is 1.07. The van der Waals surface area contributed by atoms with Crippen molar-refractivity contribution in [3.63, 3.8) is 0 Å². The molecule has 1 saturated heterocycles. The molecule has 0 atom stereocenters. The summed E-state index contributed by atoms with van der Waals surface area (Å²) >= 11 is 0. The molecule has 1 heterocycles. The third kappa shape index (κ3) is 3.71. The SMILES string of the molecule is CCNCCN1CCN(c2cccc(C)c2C)CC1. The number of hydrogen-bond donors (Lipinski definition) is 1. The monoisotopic (exact) mass is 261 g/mol. The largest absolute Gasteiger partial charge is 0.369 e. The molecular formula is C16H27N3. The highest BCUT2D eigenvalue weighted by atomic mass is 15.3. The van der Waals surface area contributed by atoms with E-state index in [0.717, 1.165) is 26.2 Å². The molecule has 0 bridgehead atoms. The quantitative estimate of drug-likeness (QED) is 0.818. The molecule has 3 nitrogen and oxygen atoms in total. The van der Waals surface area contributed by atoms with Gasteiger partial charge in [-0.05, 0) is 37.6 Å². The molecule has 1 aliphatic rings. The number of likely N-dealkylation sites (N-methyl/N-ethyl adjacent to an activating group) is 1. The normalized spacial score (nSPS) is 16.9. The standard InChI is InChI=1S/C16H27N3/c1-4-17-8-9-18-10-12-19(13-11-18)16-7-5-6-14(2)15(16)3/h5-7,17H,4,8-13H2,1-3H3. The van der Waals surface area contributed by atoms with E-state index in [2.05, 4.69) is 54.1 Å². The fourth-order valence-electron chi connectivity index (χ4n) is 2.70. The van der Waals surface area contributed by atoms with E-state index in [1.165, 1.54) is 36.4 Å². The van der Waals surface area contributed by atoms with Crippen molar-refractivity contribution in [1.29, 1.82) is 0 Å². The van der Waals surface area contributed by atoms with Crippen LogP contribution in [0.25, 0.3) is 0 Å². The maximum atomic E-state index is 3.40. The lowest BCUT2D eigenvalue weighted by atomic mass is 10.1. The molecule has 0 amide bonds. The van der Waals surface area contributed by atoms with Gasteiger partial charge in [0.1, 0.15) is 0 Å². The summed E-state index contributed by atoms with van der Waals surface area (Å²) in [6.07, 6.45) is 0. The number of nitrogens with one attached hydrogen (secondary N) is 1. The number of rotatable bonds is 5. The summed E-state index contributed by atoms with van der Waals surface area (Å²) in [4.78, 5) is 5.09. The molecule has 1 N–H and O–H groups in total. The molecule has 0 aromatic heterocycles. The molecule has 1 fully saturated rings. The number of benzene rings is 1. The molecule has 0 aliphatic carbocycles. The molecule has 19 heavy (non-hydrogen) atoms. The highest BCUT2D eigenvalue weighted by molar-refractivity contribution is 5.56. The van der Waals surface area contributed by atoms with Gasteiger partial charge in [-0.3, -0.25) is 4.90 Å². The zero-order chi connectivity index (χ0) is 13.7. The Morgan fingerprint density at radius 1 is 1.11 bits per heavy atom. The lowest BCUT2D eigenvalue weighted by molar-refractivity contribution is 0.258. The Balaban J connectivity index is 1.87. The number of piperazine rings is 1. The van der Waals surface area contributed by atoms with Crippen LogP contribution in [0.15, 0.2) is 18.2 Å². The van der Waals surface area contributed by atoms with Gasteiger partial charge in [0.15, 0.2) is 0 Å². The first-order chi connectivity index (χ1) is 9.22. The Kier molecular flexibility index (Phi) is 5.23. The van der Waals surface area contributed by atoms with Gasteiger partial charge in [-0.15, -0.1) is 0 Å². The van der Waals surface area contributed by atoms with E-state index in [9.17, 15) is 0 Å². The van der Waals surface area contributed by atoms with Crippen molar-refractivity contribution >= 4 is 5.69 Å². The summed E-state index contributed by atoms with van der Waals surface area (Å²) in [7, 11) is 0. The van der Waals surface area contributed by atoms with Crippen LogP contribution in [0.1, 0.15) is 18.1 Å². The predicted octanol–water partition coefficient (Wildman–Crippen LogP) is 2.03. The molecule has 1 aromatic rings. The molecule has 1 aliphatic heterocycles. The van der Waals surface area contributed by atoms with Gasteiger partial charge in [-0.1, -0.05) is 19.1 Å². The van der Waals surface area contributed by atoms with Crippen molar-refractivity contribution in [3.8, 4) is 0 Å². The van der Waals surface area contributed by atoms with Crippen LogP contribution in [0, 0.1) is 13.8 Å². The summed E-state index contributed by atoms with van der Waals surface area (Å²) in [5.74, 6) is 0. The summed E-state index contributed by atoms with van der Waals surface area (Å²) in [6, 6.07) is 6.64. The van der Waals surface area contributed by atoms with Gasteiger partial charge >= 0.3 is 0 Å².